The molecule has 0 heterocycles. The second kappa shape index (κ2) is 8.15. The van der Waals surface area contributed by atoms with Crippen molar-refractivity contribution < 1.29 is 9.53 Å². The van der Waals surface area contributed by atoms with E-state index in [4.69, 9.17) is 10.5 Å². The first-order valence-electron chi connectivity index (χ1n) is 5.82. The van der Waals surface area contributed by atoms with E-state index in [-0.39, 0.29) is 6.61 Å². The molecule has 18 heavy (non-hydrogen) atoms. The van der Waals surface area contributed by atoms with Crippen molar-refractivity contribution in [2.75, 3.05) is 13.2 Å². The quantitative estimate of drug-likeness (QED) is 0.558. The summed E-state index contributed by atoms with van der Waals surface area (Å²) in [6, 6.07) is 7.56. The summed E-state index contributed by atoms with van der Waals surface area (Å²) in [5.41, 5.74) is 6.15. The smallest absolute Gasteiger partial charge is 0.255 e. The van der Waals surface area contributed by atoms with Gasteiger partial charge in [0.05, 0.1) is 0 Å². The molecule has 0 aliphatic heterocycles. The molecule has 0 aromatic heterocycles. The first kappa shape index (κ1) is 14.1. The highest BCUT2D eigenvalue weighted by molar-refractivity contribution is 5.75. The van der Waals surface area contributed by atoms with Crippen LogP contribution in [0.2, 0.25) is 0 Å². The molecule has 1 amide bonds. The highest BCUT2D eigenvalue weighted by atomic mass is 16.5. The van der Waals surface area contributed by atoms with Crippen molar-refractivity contribution in [3.63, 3.8) is 0 Å². The number of hydrogen-bond acceptors (Lipinski definition) is 3. The summed E-state index contributed by atoms with van der Waals surface area (Å²) in [5.74, 6) is 6.02. The fourth-order valence-electron chi connectivity index (χ4n) is 1.37. The molecule has 0 fully saturated rings. The van der Waals surface area contributed by atoms with E-state index < -0.39 is 5.91 Å². The molecule has 0 spiro atoms. The topological polar surface area (TPSA) is 64.3 Å². The molecule has 0 radical (unpaired) electrons. The third-order valence-electron chi connectivity index (χ3n) is 2.24. The van der Waals surface area contributed by atoms with E-state index in [0.717, 1.165) is 25.1 Å². The summed E-state index contributed by atoms with van der Waals surface area (Å²) in [4.78, 5) is 10.5. The predicted octanol–water partition coefficient (Wildman–Crippen LogP) is 1.05. The second-order valence-corrected chi connectivity index (χ2v) is 3.75. The fraction of sp³-hybridized carbons (Fsp3) is 0.357. The summed E-state index contributed by atoms with van der Waals surface area (Å²) in [7, 11) is 0. The fourth-order valence-corrected chi connectivity index (χ4v) is 1.37. The van der Waals surface area contributed by atoms with Crippen LogP contribution in [0.1, 0.15) is 18.9 Å². The number of carbonyl (C=O) groups is 1. The number of benzene rings is 1. The monoisotopic (exact) mass is 246 g/mol. The Balaban J connectivity index is 2.30. The number of carbonyl (C=O) groups excluding carboxylic acids is 1. The molecule has 4 heteroatoms. The van der Waals surface area contributed by atoms with Crippen LogP contribution < -0.4 is 15.8 Å². The third kappa shape index (κ3) is 5.92. The number of ether oxygens (including phenoxy) is 1. The van der Waals surface area contributed by atoms with Gasteiger partial charge in [0.1, 0.15) is 5.75 Å². The lowest BCUT2D eigenvalue weighted by Gasteiger charge is -2.06. The molecular formula is C14H18N2O2. The van der Waals surface area contributed by atoms with Crippen LogP contribution in [-0.4, -0.2) is 19.1 Å². The van der Waals surface area contributed by atoms with E-state index in [1.165, 1.54) is 0 Å². The normalized spacial score (nSPS) is 9.39. The molecule has 3 N–H and O–H groups in total. The maximum atomic E-state index is 10.5. The average Bonchev–Trinajstić information content (AvgIpc) is 2.37. The van der Waals surface area contributed by atoms with Crippen molar-refractivity contribution in [1.82, 2.24) is 5.32 Å². The van der Waals surface area contributed by atoms with E-state index in [2.05, 4.69) is 17.2 Å². The van der Waals surface area contributed by atoms with Gasteiger partial charge in [-0.25, -0.2) is 0 Å². The Bertz CT molecular complexity index is 429. The number of nitrogens with two attached hydrogens (primary N) is 1. The SMILES string of the molecule is CC#CCCNCc1ccc(OCC(N)=O)cc1. The maximum absolute atomic E-state index is 10.5. The lowest BCUT2D eigenvalue weighted by molar-refractivity contribution is -0.119. The van der Waals surface area contributed by atoms with Crippen LogP contribution in [0.4, 0.5) is 0 Å². The van der Waals surface area contributed by atoms with Crippen LogP contribution in [0.3, 0.4) is 0 Å². The molecule has 4 nitrogen and oxygen atoms in total. The Morgan fingerprint density at radius 3 is 2.72 bits per heavy atom. The summed E-state index contributed by atoms with van der Waals surface area (Å²) in [5, 5.41) is 3.29. The standard InChI is InChI=1S/C14H18N2O2/c1-2-3-4-9-16-10-12-5-7-13(8-6-12)18-11-14(15)17/h5-8,16H,4,9-11H2,1H3,(H2,15,17). The molecule has 0 bridgehead atoms. The Morgan fingerprint density at radius 1 is 1.39 bits per heavy atom. The van der Waals surface area contributed by atoms with Crippen LogP contribution in [0, 0.1) is 11.8 Å². The predicted molar refractivity (Wildman–Crippen MR) is 70.9 cm³/mol. The number of hydrogen-bond donors (Lipinski definition) is 2. The van der Waals surface area contributed by atoms with Gasteiger partial charge in [-0.05, 0) is 24.6 Å². The minimum absolute atomic E-state index is 0.0900. The van der Waals surface area contributed by atoms with Crippen LogP contribution in [0.25, 0.3) is 0 Å². The molecule has 0 saturated carbocycles. The van der Waals surface area contributed by atoms with Crippen LogP contribution >= 0.6 is 0 Å². The molecule has 1 rings (SSSR count). The zero-order valence-electron chi connectivity index (χ0n) is 10.5. The molecule has 0 aliphatic carbocycles. The third-order valence-corrected chi connectivity index (χ3v) is 2.24. The Morgan fingerprint density at radius 2 is 2.11 bits per heavy atom. The van der Waals surface area contributed by atoms with Gasteiger partial charge in [-0.15, -0.1) is 11.8 Å². The molecule has 96 valence electrons. The van der Waals surface area contributed by atoms with Gasteiger partial charge >= 0.3 is 0 Å². The van der Waals surface area contributed by atoms with Crippen molar-refractivity contribution in [1.29, 1.82) is 0 Å². The summed E-state index contributed by atoms with van der Waals surface area (Å²) >= 11 is 0. The first-order chi connectivity index (χ1) is 8.72. The van der Waals surface area contributed by atoms with Crippen molar-refractivity contribution in [3.8, 4) is 17.6 Å². The largest absolute Gasteiger partial charge is 0.484 e. The molecular weight excluding hydrogens is 228 g/mol. The van der Waals surface area contributed by atoms with Crippen LogP contribution in [0.15, 0.2) is 24.3 Å². The molecule has 1 aromatic carbocycles. The summed E-state index contributed by atoms with van der Waals surface area (Å²) in [6.07, 6.45) is 0.857. The minimum atomic E-state index is -0.474. The molecule has 1 aromatic rings. The summed E-state index contributed by atoms with van der Waals surface area (Å²) in [6.45, 7) is 3.42. The highest BCUT2D eigenvalue weighted by Crippen LogP contribution is 2.11. The van der Waals surface area contributed by atoms with Gasteiger partial charge in [0.2, 0.25) is 0 Å². The Kier molecular flexibility index (Phi) is 6.37. The van der Waals surface area contributed by atoms with Gasteiger partial charge in [0.25, 0.3) is 5.91 Å². The van der Waals surface area contributed by atoms with Gasteiger partial charge in [0.15, 0.2) is 6.61 Å². The van der Waals surface area contributed by atoms with Gasteiger partial charge in [-0.1, -0.05) is 12.1 Å². The van der Waals surface area contributed by atoms with Crippen molar-refractivity contribution in [3.05, 3.63) is 29.8 Å². The number of amides is 1. The van der Waals surface area contributed by atoms with E-state index in [1.54, 1.807) is 0 Å². The van der Waals surface area contributed by atoms with E-state index in [9.17, 15) is 4.79 Å². The van der Waals surface area contributed by atoms with Crippen LogP contribution in [0.5, 0.6) is 5.75 Å². The molecule has 0 atom stereocenters. The molecule has 0 saturated heterocycles. The van der Waals surface area contributed by atoms with E-state index in [1.807, 2.05) is 31.2 Å². The maximum Gasteiger partial charge on any atom is 0.255 e. The van der Waals surface area contributed by atoms with Gasteiger partial charge < -0.3 is 15.8 Å². The Hall–Kier alpha value is -1.99. The lowest BCUT2D eigenvalue weighted by atomic mass is 10.2. The zero-order chi connectivity index (χ0) is 13.2. The average molecular weight is 246 g/mol. The zero-order valence-corrected chi connectivity index (χ0v) is 10.5. The first-order valence-corrected chi connectivity index (χ1v) is 5.82. The Labute approximate surface area is 108 Å². The summed E-state index contributed by atoms with van der Waals surface area (Å²) < 4.78 is 5.17. The minimum Gasteiger partial charge on any atom is -0.484 e. The van der Waals surface area contributed by atoms with Gasteiger partial charge in [-0.2, -0.15) is 0 Å². The number of rotatable bonds is 7. The number of primary amides is 1. The lowest BCUT2D eigenvalue weighted by Crippen LogP contribution is -2.20. The number of nitrogens with one attached hydrogen (secondary N) is 1. The molecule has 0 unspecified atom stereocenters. The van der Waals surface area contributed by atoms with Crippen molar-refractivity contribution in [2.45, 2.75) is 19.9 Å². The van der Waals surface area contributed by atoms with Gasteiger partial charge in [-0.3, -0.25) is 4.79 Å². The van der Waals surface area contributed by atoms with Gasteiger partial charge in [0, 0.05) is 19.5 Å². The second-order valence-electron chi connectivity index (χ2n) is 3.75. The highest BCUT2D eigenvalue weighted by Gasteiger charge is 1.98. The van der Waals surface area contributed by atoms with Crippen molar-refractivity contribution >= 4 is 5.91 Å². The molecule has 0 aliphatic rings. The van der Waals surface area contributed by atoms with E-state index in [0.29, 0.717) is 5.75 Å². The van der Waals surface area contributed by atoms with Crippen molar-refractivity contribution in [2.24, 2.45) is 5.73 Å². The van der Waals surface area contributed by atoms with E-state index >= 15 is 0 Å². The van der Waals surface area contributed by atoms with Crippen LogP contribution in [-0.2, 0) is 11.3 Å².